The molecule has 6 heavy (non-hydrogen) atoms. The summed E-state index contributed by atoms with van der Waals surface area (Å²) >= 11 is 6.37. The molecule has 0 aromatic carbocycles. The van der Waals surface area contributed by atoms with E-state index in [0.29, 0.717) is 0 Å². The molecule has 0 rings (SSSR count). The predicted octanol–water partition coefficient (Wildman–Crippen LogP) is 2.88. The number of hydrogen-bond acceptors (Lipinski definition) is 0. The fraction of sp³-hybridized carbons (Fsp3) is 0.500. The van der Waals surface area contributed by atoms with Gasteiger partial charge >= 0.3 is 0 Å². The zero-order valence-electron chi connectivity index (χ0n) is 3.32. The van der Waals surface area contributed by atoms with Crippen LogP contribution in [0.4, 0.5) is 0 Å². The summed E-state index contributed by atoms with van der Waals surface area (Å²) in [5.74, 6) is 0. The fourth-order valence-electron chi connectivity index (χ4n) is 0.126. The van der Waals surface area contributed by atoms with Gasteiger partial charge in [0, 0.05) is 10.7 Å². The Bertz CT molecular complexity index is 17.5. The molecule has 0 aromatic rings. The number of unbranched alkanes of at least 4 members (excludes halogenated alkanes) is 1. The fourth-order valence-corrected chi connectivity index (χ4v) is 0.655. The van der Waals surface area contributed by atoms with Gasteiger partial charge in [0.1, 0.15) is 0 Å². The van der Waals surface area contributed by atoms with E-state index in [4.69, 9.17) is 0 Å². The highest BCUT2D eigenvalue weighted by Gasteiger charge is 1.78. The highest BCUT2D eigenvalue weighted by Crippen LogP contribution is 2.04. The van der Waals surface area contributed by atoms with Gasteiger partial charge in [-0.1, -0.05) is 31.9 Å². The molecule has 0 nitrogen and oxygen atoms in total. The summed E-state index contributed by atoms with van der Waals surface area (Å²) in [6.07, 6.45) is 2.20. The summed E-state index contributed by atoms with van der Waals surface area (Å²) in [7, 11) is 0. The van der Waals surface area contributed by atoms with E-state index in [0.717, 1.165) is 12.8 Å². The van der Waals surface area contributed by atoms with Crippen LogP contribution in [0.1, 0.15) is 12.8 Å². The van der Waals surface area contributed by atoms with E-state index in [2.05, 4.69) is 31.9 Å². The van der Waals surface area contributed by atoms with Crippen molar-refractivity contribution >= 4 is 31.9 Å². The van der Waals surface area contributed by atoms with Gasteiger partial charge in [0.2, 0.25) is 0 Å². The summed E-state index contributed by atoms with van der Waals surface area (Å²) in [5, 5.41) is 3.93. The molecule has 0 atom stereocenters. The van der Waals surface area contributed by atoms with E-state index in [-0.39, 0.29) is 0 Å². The summed E-state index contributed by atoms with van der Waals surface area (Å²) < 4.78 is 0. The standard InChI is InChI=1S/C4H6Br2/c5-3-1-2-4-6/h3-4H,1-2H2. The van der Waals surface area contributed by atoms with Crippen LogP contribution in [-0.2, 0) is 0 Å². The van der Waals surface area contributed by atoms with Crippen molar-refractivity contribution in [3.05, 3.63) is 10.7 Å². The molecule has 0 aliphatic rings. The lowest BCUT2D eigenvalue weighted by Crippen LogP contribution is -1.62. The summed E-state index contributed by atoms with van der Waals surface area (Å²) in [5.41, 5.74) is 0. The Balaban J connectivity index is 2.34. The summed E-state index contributed by atoms with van der Waals surface area (Å²) in [6, 6.07) is 0. The zero-order valence-corrected chi connectivity index (χ0v) is 6.50. The van der Waals surface area contributed by atoms with Crippen molar-refractivity contribution in [2.45, 2.75) is 12.8 Å². The first-order valence-electron chi connectivity index (χ1n) is 1.75. The molecule has 0 amide bonds. The Labute approximate surface area is 55.6 Å². The van der Waals surface area contributed by atoms with Crippen LogP contribution in [0.25, 0.3) is 0 Å². The van der Waals surface area contributed by atoms with Crippen molar-refractivity contribution in [1.82, 2.24) is 0 Å². The van der Waals surface area contributed by atoms with E-state index >= 15 is 0 Å². The number of rotatable bonds is 3. The average Bonchev–Trinajstić information content (AvgIpc) is 1.61. The first-order valence-corrected chi connectivity index (χ1v) is 3.58. The number of hydrogen-bond donors (Lipinski definition) is 0. The van der Waals surface area contributed by atoms with E-state index in [1.807, 2.05) is 10.7 Å². The van der Waals surface area contributed by atoms with Gasteiger partial charge in [-0.3, -0.25) is 0 Å². The smallest absolute Gasteiger partial charge is 0.0271 e. The lowest BCUT2D eigenvalue weighted by Gasteiger charge is -1.82. The molecule has 0 bridgehead atoms. The van der Waals surface area contributed by atoms with Crippen LogP contribution in [0.2, 0.25) is 0 Å². The quantitative estimate of drug-likeness (QED) is 0.633. The largest absolute Gasteiger partial charge is 0.0879 e. The Morgan fingerprint density at radius 2 is 1.33 bits per heavy atom. The van der Waals surface area contributed by atoms with Crippen LogP contribution in [0.3, 0.4) is 0 Å². The second-order valence-electron chi connectivity index (χ2n) is 0.886. The third-order valence-corrected chi connectivity index (χ3v) is 1.30. The molecule has 0 aliphatic heterocycles. The van der Waals surface area contributed by atoms with Crippen LogP contribution >= 0.6 is 31.9 Å². The molecule has 0 unspecified atom stereocenters. The first kappa shape index (κ1) is 6.96. The summed E-state index contributed by atoms with van der Waals surface area (Å²) in [4.78, 5) is 0. The van der Waals surface area contributed by atoms with E-state index < -0.39 is 0 Å². The van der Waals surface area contributed by atoms with Gasteiger partial charge in [0.15, 0.2) is 0 Å². The van der Waals surface area contributed by atoms with Crippen LogP contribution in [0.5, 0.6) is 0 Å². The number of halogens is 2. The monoisotopic (exact) mass is 212 g/mol. The Morgan fingerprint density at radius 3 is 1.50 bits per heavy atom. The van der Waals surface area contributed by atoms with E-state index in [1.165, 1.54) is 0 Å². The first-order chi connectivity index (χ1) is 2.91. The molecule has 0 heterocycles. The second kappa shape index (κ2) is 5.96. The van der Waals surface area contributed by atoms with E-state index in [9.17, 15) is 0 Å². The van der Waals surface area contributed by atoms with Gasteiger partial charge in [0.25, 0.3) is 0 Å². The van der Waals surface area contributed by atoms with Crippen molar-refractivity contribution in [1.29, 1.82) is 0 Å². The Hall–Kier alpha value is 0.960. The third kappa shape index (κ3) is 4.96. The minimum Gasteiger partial charge on any atom is -0.0879 e. The van der Waals surface area contributed by atoms with Gasteiger partial charge in [-0.05, 0) is 12.8 Å². The molecule has 0 saturated carbocycles. The molecule has 0 fully saturated rings. The molecule has 2 heteroatoms. The Morgan fingerprint density at radius 1 is 1.00 bits per heavy atom. The molecule has 0 N–H and O–H groups in total. The van der Waals surface area contributed by atoms with Crippen molar-refractivity contribution in [2.75, 3.05) is 0 Å². The average molecular weight is 214 g/mol. The molecule has 2 radical (unpaired) electrons. The normalized spacial score (nSPS) is 9.00. The van der Waals surface area contributed by atoms with Crippen LogP contribution in [0.15, 0.2) is 0 Å². The van der Waals surface area contributed by atoms with Crippen LogP contribution < -0.4 is 0 Å². The van der Waals surface area contributed by atoms with Gasteiger partial charge in [-0.15, -0.1) is 0 Å². The molecular weight excluding hydrogens is 208 g/mol. The topological polar surface area (TPSA) is 0 Å². The lowest BCUT2D eigenvalue weighted by molar-refractivity contribution is 1.03. The second-order valence-corrected chi connectivity index (χ2v) is 2.18. The minimum absolute atomic E-state index is 1.10. The third-order valence-electron chi connectivity index (χ3n) is 0.385. The van der Waals surface area contributed by atoms with Crippen molar-refractivity contribution in [2.24, 2.45) is 0 Å². The highest BCUT2D eigenvalue weighted by atomic mass is 79.9. The molecular formula is C4H6Br2. The predicted molar refractivity (Wildman–Crippen MR) is 35.7 cm³/mol. The molecule has 0 aromatic heterocycles. The lowest BCUT2D eigenvalue weighted by atomic mass is 10.4. The minimum atomic E-state index is 1.10. The molecule has 0 aliphatic carbocycles. The van der Waals surface area contributed by atoms with Crippen LogP contribution in [0, 0.1) is 10.7 Å². The van der Waals surface area contributed by atoms with Gasteiger partial charge < -0.3 is 0 Å². The summed E-state index contributed by atoms with van der Waals surface area (Å²) in [6.45, 7) is 0. The molecule has 0 saturated heterocycles. The van der Waals surface area contributed by atoms with Gasteiger partial charge in [-0.2, -0.15) is 0 Å². The molecule has 36 valence electrons. The van der Waals surface area contributed by atoms with Gasteiger partial charge in [-0.25, -0.2) is 0 Å². The zero-order chi connectivity index (χ0) is 4.83. The van der Waals surface area contributed by atoms with Crippen molar-refractivity contribution in [3.63, 3.8) is 0 Å². The maximum Gasteiger partial charge on any atom is 0.0271 e. The van der Waals surface area contributed by atoms with Crippen LogP contribution in [-0.4, -0.2) is 0 Å². The van der Waals surface area contributed by atoms with Gasteiger partial charge in [0.05, 0.1) is 0 Å². The maximum atomic E-state index is 3.18. The van der Waals surface area contributed by atoms with Crippen molar-refractivity contribution in [3.8, 4) is 0 Å². The Kier molecular flexibility index (Phi) is 6.91. The van der Waals surface area contributed by atoms with E-state index in [1.54, 1.807) is 0 Å². The van der Waals surface area contributed by atoms with Crippen molar-refractivity contribution < 1.29 is 0 Å². The highest BCUT2D eigenvalue weighted by molar-refractivity contribution is 9.10. The SMILES string of the molecule is Br[CH]CC[CH]Br. The maximum absolute atomic E-state index is 3.18. The molecule has 0 spiro atoms.